The van der Waals surface area contributed by atoms with Gasteiger partial charge in [-0.05, 0) is 67.0 Å². The molecular formula is C26H27N2-. The molecule has 3 aromatic rings. The van der Waals surface area contributed by atoms with Gasteiger partial charge in [0.25, 0.3) is 0 Å². The molecule has 4 rings (SSSR count). The summed E-state index contributed by atoms with van der Waals surface area (Å²) in [6.07, 6.45) is 6.35. The number of rotatable bonds is 5. The van der Waals surface area contributed by atoms with Crippen LogP contribution in [-0.4, -0.2) is 4.98 Å². The van der Waals surface area contributed by atoms with E-state index in [1.54, 1.807) is 0 Å². The van der Waals surface area contributed by atoms with Gasteiger partial charge < -0.3 is 5.32 Å². The predicted octanol–water partition coefficient (Wildman–Crippen LogP) is 7.09. The quantitative estimate of drug-likeness (QED) is 0.473. The van der Waals surface area contributed by atoms with Crippen molar-refractivity contribution in [3.8, 4) is 11.1 Å². The number of aryl methyl sites for hydroxylation is 5. The molecule has 2 aromatic carbocycles. The lowest BCUT2D eigenvalue weighted by molar-refractivity contribution is 0.906. The number of benzene rings is 2. The first-order chi connectivity index (χ1) is 13.5. The molecule has 0 atom stereocenters. The Hall–Kier alpha value is -2.87. The van der Waals surface area contributed by atoms with Crippen molar-refractivity contribution in [1.29, 1.82) is 0 Å². The van der Waals surface area contributed by atoms with Crippen molar-refractivity contribution < 1.29 is 0 Å². The Morgan fingerprint density at radius 1 is 0.893 bits per heavy atom. The average molecular weight is 368 g/mol. The molecule has 0 aliphatic carbocycles. The van der Waals surface area contributed by atoms with E-state index in [4.69, 9.17) is 4.98 Å². The Morgan fingerprint density at radius 3 is 2.54 bits per heavy atom. The molecule has 1 aliphatic rings. The third kappa shape index (κ3) is 3.60. The molecule has 0 amide bonds. The fourth-order valence-electron chi connectivity index (χ4n) is 4.00. The fraction of sp³-hybridized carbons (Fsp3) is 0.269. The van der Waals surface area contributed by atoms with E-state index in [9.17, 15) is 0 Å². The van der Waals surface area contributed by atoms with Crippen LogP contribution in [0.1, 0.15) is 46.9 Å². The standard InChI is InChI=1S/C26H27N2/c1-5-6-20-8-10-22(18(3)14-20)11-9-21-15-24-23-12-7-17(2)13-25(23)28-19(4)26(24)27-16-21/h7-8,10,12-16H,4-6,9,11H2,1-3H3/q-1. The zero-order valence-electron chi connectivity index (χ0n) is 17.0. The van der Waals surface area contributed by atoms with E-state index < -0.39 is 0 Å². The molecular weight excluding hydrogens is 340 g/mol. The maximum Gasteiger partial charge on any atom is 0.0555 e. The van der Waals surface area contributed by atoms with Crippen LogP contribution in [0.2, 0.25) is 0 Å². The molecule has 28 heavy (non-hydrogen) atoms. The van der Waals surface area contributed by atoms with Gasteiger partial charge in [0.05, 0.1) is 5.69 Å². The van der Waals surface area contributed by atoms with Crippen molar-refractivity contribution in [2.45, 2.75) is 46.5 Å². The van der Waals surface area contributed by atoms with Crippen molar-refractivity contribution in [3.63, 3.8) is 0 Å². The Bertz CT molecular complexity index is 1050. The summed E-state index contributed by atoms with van der Waals surface area (Å²) < 4.78 is 0. The Morgan fingerprint density at radius 2 is 1.75 bits per heavy atom. The van der Waals surface area contributed by atoms with E-state index in [1.165, 1.54) is 34.2 Å². The van der Waals surface area contributed by atoms with Crippen molar-refractivity contribution in [1.82, 2.24) is 4.98 Å². The largest absolute Gasteiger partial charge is 0.656 e. The van der Waals surface area contributed by atoms with E-state index in [0.717, 1.165) is 47.5 Å². The number of pyridine rings is 1. The molecule has 0 saturated carbocycles. The zero-order valence-corrected chi connectivity index (χ0v) is 17.0. The highest BCUT2D eigenvalue weighted by molar-refractivity contribution is 5.99. The lowest BCUT2D eigenvalue weighted by atomic mass is 9.93. The lowest BCUT2D eigenvalue weighted by Crippen LogP contribution is -2.02. The highest BCUT2D eigenvalue weighted by Crippen LogP contribution is 2.46. The molecule has 1 aliphatic heterocycles. The Kier molecular flexibility index (Phi) is 5.04. The number of hydrogen-bond acceptors (Lipinski definition) is 1. The zero-order chi connectivity index (χ0) is 19.7. The SMILES string of the molecule is C=C1[N-]c2cc(C)ccc2-c2cc(CCc3ccc(CCC)cc3C)cnc21. The van der Waals surface area contributed by atoms with Gasteiger partial charge >= 0.3 is 0 Å². The van der Waals surface area contributed by atoms with Gasteiger partial charge in [-0.1, -0.05) is 55.3 Å². The van der Waals surface area contributed by atoms with Gasteiger partial charge in [-0.2, -0.15) is 0 Å². The topological polar surface area (TPSA) is 27.0 Å². The van der Waals surface area contributed by atoms with Gasteiger partial charge in [-0.15, -0.1) is 18.0 Å². The Labute approximate surface area is 168 Å². The van der Waals surface area contributed by atoms with Crippen LogP contribution in [0.15, 0.2) is 55.2 Å². The van der Waals surface area contributed by atoms with E-state index in [0.29, 0.717) is 0 Å². The van der Waals surface area contributed by atoms with Crippen LogP contribution in [0, 0.1) is 13.8 Å². The first-order valence-corrected chi connectivity index (χ1v) is 10.1. The summed E-state index contributed by atoms with van der Waals surface area (Å²) in [5.41, 5.74) is 11.7. The highest BCUT2D eigenvalue weighted by Gasteiger charge is 2.13. The van der Waals surface area contributed by atoms with Gasteiger partial charge in [-0.25, -0.2) is 0 Å². The number of hydrogen-bond donors (Lipinski definition) is 0. The molecule has 2 nitrogen and oxygen atoms in total. The lowest BCUT2D eigenvalue weighted by Gasteiger charge is -2.35. The second-order valence-corrected chi connectivity index (χ2v) is 7.83. The van der Waals surface area contributed by atoms with Crippen LogP contribution in [0.25, 0.3) is 22.1 Å². The molecule has 0 saturated heterocycles. The van der Waals surface area contributed by atoms with Gasteiger partial charge in [0.2, 0.25) is 0 Å². The summed E-state index contributed by atoms with van der Waals surface area (Å²) in [6, 6.07) is 15.6. The predicted molar refractivity (Wildman–Crippen MR) is 119 cm³/mol. The van der Waals surface area contributed by atoms with Crippen molar-refractivity contribution in [2.24, 2.45) is 0 Å². The summed E-state index contributed by atoms with van der Waals surface area (Å²) in [4.78, 5) is 4.70. The first-order valence-electron chi connectivity index (χ1n) is 10.1. The minimum atomic E-state index is 0.752. The summed E-state index contributed by atoms with van der Waals surface area (Å²) in [5, 5.41) is 4.65. The summed E-state index contributed by atoms with van der Waals surface area (Å²) in [6.45, 7) is 10.7. The minimum absolute atomic E-state index is 0.752. The minimum Gasteiger partial charge on any atom is -0.656 e. The van der Waals surface area contributed by atoms with E-state index >= 15 is 0 Å². The van der Waals surface area contributed by atoms with Crippen LogP contribution in [0.3, 0.4) is 0 Å². The molecule has 0 fully saturated rings. The van der Waals surface area contributed by atoms with Crippen LogP contribution >= 0.6 is 0 Å². The highest BCUT2D eigenvalue weighted by atomic mass is 14.9. The van der Waals surface area contributed by atoms with E-state index in [1.807, 2.05) is 6.20 Å². The van der Waals surface area contributed by atoms with Crippen LogP contribution in [0.5, 0.6) is 0 Å². The molecule has 1 aromatic heterocycles. The van der Waals surface area contributed by atoms with Gasteiger partial charge in [0.1, 0.15) is 0 Å². The number of aromatic nitrogens is 1. The van der Waals surface area contributed by atoms with Gasteiger partial charge in [0.15, 0.2) is 0 Å². The molecule has 0 bridgehead atoms. The van der Waals surface area contributed by atoms with Crippen molar-refractivity contribution in [2.75, 3.05) is 0 Å². The summed E-state index contributed by atoms with van der Waals surface area (Å²) in [7, 11) is 0. The third-order valence-corrected chi connectivity index (χ3v) is 5.55. The molecule has 2 heterocycles. The molecule has 0 N–H and O–H groups in total. The van der Waals surface area contributed by atoms with Gasteiger partial charge in [0, 0.05) is 11.8 Å². The van der Waals surface area contributed by atoms with Crippen LogP contribution in [-0.2, 0) is 19.3 Å². The normalized spacial score (nSPS) is 12.3. The van der Waals surface area contributed by atoms with Gasteiger partial charge in [-0.3, -0.25) is 4.98 Å². The third-order valence-electron chi connectivity index (χ3n) is 5.55. The van der Waals surface area contributed by atoms with Crippen molar-refractivity contribution in [3.05, 3.63) is 94.1 Å². The molecule has 0 spiro atoms. The molecule has 0 radical (unpaired) electrons. The number of nitrogens with zero attached hydrogens (tertiary/aromatic N) is 2. The second kappa shape index (κ2) is 7.63. The van der Waals surface area contributed by atoms with E-state index in [-0.39, 0.29) is 0 Å². The smallest absolute Gasteiger partial charge is 0.0555 e. The second-order valence-electron chi connectivity index (χ2n) is 7.83. The average Bonchev–Trinajstić information content (AvgIpc) is 2.67. The molecule has 0 unspecified atom stereocenters. The fourth-order valence-corrected chi connectivity index (χ4v) is 4.00. The van der Waals surface area contributed by atoms with Crippen LogP contribution in [0.4, 0.5) is 5.69 Å². The maximum atomic E-state index is 4.70. The summed E-state index contributed by atoms with van der Waals surface area (Å²) >= 11 is 0. The molecule has 142 valence electrons. The first kappa shape index (κ1) is 18.5. The number of fused-ring (bicyclic) bond motifs is 3. The molecule has 2 heteroatoms. The van der Waals surface area contributed by atoms with Crippen LogP contribution < -0.4 is 0 Å². The van der Waals surface area contributed by atoms with Crippen molar-refractivity contribution >= 4 is 11.4 Å². The monoisotopic (exact) mass is 367 g/mol. The Balaban J connectivity index is 1.59. The maximum absolute atomic E-state index is 4.70. The van der Waals surface area contributed by atoms with E-state index in [2.05, 4.69) is 75.1 Å². The summed E-state index contributed by atoms with van der Waals surface area (Å²) in [5.74, 6) is 0.